The van der Waals surface area contributed by atoms with Crippen molar-refractivity contribution in [1.82, 2.24) is 19.6 Å². The number of anilines is 2. The van der Waals surface area contributed by atoms with Crippen LogP contribution >= 0.6 is 0 Å². The van der Waals surface area contributed by atoms with E-state index in [4.69, 9.17) is 9.47 Å². The maximum atomic E-state index is 9.60. The molecule has 5 rings (SSSR count). The lowest BCUT2D eigenvalue weighted by Crippen LogP contribution is -2.41. The van der Waals surface area contributed by atoms with E-state index in [1.54, 1.807) is 16.9 Å². The lowest BCUT2D eigenvalue weighted by atomic mass is 9.93. The molecule has 2 fully saturated rings. The molecule has 0 unspecified atom stereocenters. The zero-order valence-corrected chi connectivity index (χ0v) is 19.1. The number of pyridine rings is 1. The van der Waals surface area contributed by atoms with Gasteiger partial charge >= 0.3 is 0 Å². The molecule has 9 nitrogen and oxygen atoms in total. The van der Waals surface area contributed by atoms with E-state index in [-0.39, 0.29) is 12.2 Å². The van der Waals surface area contributed by atoms with Crippen LogP contribution in [0.4, 0.5) is 11.5 Å². The van der Waals surface area contributed by atoms with Crippen molar-refractivity contribution in [3.05, 3.63) is 42.1 Å². The fourth-order valence-electron chi connectivity index (χ4n) is 4.72. The van der Waals surface area contributed by atoms with Crippen LogP contribution in [-0.2, 0) is 4.74 Å². The van der Waals surface area contributed by atoms with Crippen molar-refractivity contribution in [3.63, 3.8) is 0 Å². The monoisotopic (exact) mass is 447 g/mol. The first kappa shape index (κ1) is 21.5. The molecule has 1 atom stereocenters. The summed E-state index contributed by atoms with van der Waals surface area (Å²) in [5, 5.41) is 17.5. The van der Waals surface area contributed by atoms with E-state index in [2.05, 4.69) is 44.3 Å². The Balaban J connectivity index is 1.32. The summed E-state index contributed by atoms with van der Waals surface area (Å²) >= 11 is 0. The highest BCUT2D eigenvalue weighted by Gasteiger charge is 2.25. The Morgan fingerprint density at radius 2 is 2.12 bits per heavy atom. The van der Waals surface area contributed by atoms with Crippen LogP contribution in [0.5, 0.6) is 5.75 Å². The molecule has 9 heteroatoms. The van der Waals surface area contributed by atoms with Crippen LogP contribution in [0.3, 0.4) is 0 Å². The van der Waals surface area contributed by atoms with E-state index in [9.17, 15) is 5.26 Å². The fourth-order valence-corrected chi connectivity index (χ4v) is 4.72. The number of hydrogen-bond acceptors (Lipinski definition) is 8. The molecule has 33 heavy (non-hydrogen) atoms. The van der Waals surface area contributed by atoms with Crippen molar-refractivity contribution >= 4 is 17.0 Å². The van der Waals surface area contributed by atoms with Crippen molar-refractivity contribution in [2.75, 3.05) is 29.9 Å². The van der Waals surface area contributed by atoms with Crippen molar-refractivity contribution in [1.29, 1.82) is 5.26 Å². The molecule has 3 aromatic rings. The highest BCUT2D eigenvalue weighted by molar-refractivity contribution is 5.72. The first-order valence-corrected chi connectivity index (χ1v) is 11.6. The van der Waals surface area contributed by atoms with Gasteiger partial charge in [0, 0.05) is 31.4 Å². The zero-order valence-electron chi connectivity index (χ0n) is 19.1. The van der Waals surface area contributed by atoms with Crippen LogP contribution < -0.4 is 15.0 Å². The molecule has 1 N–H and O–H groups in total. The largest absolute Gasteiger partial charge is 0.488 e. The van der Waals surface area contributed by atoms with Crippen LogP contribution in [0.2, 0.25) is 0 Å². The standard InChI is InChI=1S/C24H29N7O2/c1-16-14-30(9-10-32-16)20-11-22(24-18(12-25)13-27-31(24)15-20)33-21-5-3-19(4-6-21)29-23-7-8-26-17(2)28-23/h7-8,11,13,15-16,19,21H,3-6,9-10,14H2,1-2H3,(H,26,28,29)/t16-,19?,21?/m1/s1. The second-order valence-electron chi connectivity index (χ2n) is 8.88. The third kappa shape index (κ3) is 4.71. The van der Waals surface area contributed by atoms with Gasteiger partial charge in [-0.2, -0.15) is 10.4 Å². The Hall–Kier alpha value is -3.38. The van der Waals surface area contributed by atoms with E-state index in [0.717, 1.165) is 67.4 Å². The van der Waals surface area contributed by atoms with E-state index >= 15 is 0 Å². The molecule has 0 spiro atoms. The molecule has 3 aromatic heterocycles. The van der Waals surface area contributed by atoms with Gasteiger partial charge in [-0.1, -0.05) is 0 Å². The number of nitrogens with zero attached hydrogens (tertiary/aromatic N) is 6. The summed E-state index contributed by atoms with van der Waals surface area (Å²) in [6, 6.07) is 6.59. The maximum absolute atomic E-state index is 9.60. The van der Waals surface area contributed by atoms with Gasteiger partial charge in [-0.15, -0.1) is 0 Å². The molecule has 0 bridgehead atoms. The number of rotatable bonds is 5. The van der Waals surface area contributed by atoms with Crippen LogP contribution in [0.25, 0.3) is 5.52 Å². The van der Waals surface area contributed by atoms with E-state index in [1.807, 2.05) is 19.2 Å². The normalized spacial score (nSPS) is 23.3. The SMILES string of the molecule is Cc1nccc(NC2CCC(Oc3cc(N4CCO[C@H](C)C4)cn4ncc(C#N)c34)CC2)n1. The Morgan fingerprint density at radius 3 is 2.88 bits per heavy atom. The van der Waals surface area contributed by atoms with Gasteiger partial charge in [0.2, 0.25) is 0 Å². The van der Waals surface area contributed by atoms with Crippen molar-refractivity contribution in [3.8, 4) is 11.8 Å². The van der Waals surface area contributed by atoms with E-state index < -0.39 is 0 Å². The van der Waals surface area contributed by atoms with Gasteiger partial charge in [-0.25, -0.2) is 14.5 Å². The molecule has 0 aromatic carbocycles. The minimum absolute atomic E-state index is 0.0966. The number of morpholine rings is 1. The van der Waals surface area contributed by atoms with Crippen molar-refractivity contribution < 1.29 is 9.47 Å². The predicted octanol–water partition coefficient (Wildman–Crippen LogP) is 3.33. The topological polar surface area (TPSA) is 101 Å². The lowest BCUT2D eigenvalue weighted by molar-refractivity contribution is 0.0531. The van der Waals surface area contributed by atoms with Gasteiger partial charge in [-0.05, 0) is 45.6 Å². The molecular formula is C24H29N7O2. The van der Waals surface area contributed by atoms with Gasteiger partial charge in [-0.3, -0.25) is 0 Å². The van der Waals surface area contributed by atoms with Gasteiger partial charge in [0.1, 0.15) is 34.5 Å². The first-order valence-electron chi connectivity index (χ1n) is 11.6. The van der Waals surface area contributed by atoms with E-state index in [1.165, 1.54) is 0 Å². The molecule has 2 aliphatic rings. The average molecular weight is 448 g/mol. The number of nitriles is 1. The zero-order chi connectivity index (χ0) is 22.8. The number of hydrogen-bond donors (Lipinski definition) is 1. The molecule has 1 saturated carbocycles. The second-order valence-corrected chi connectivity index (χ2v) is 8.88. The molecule has 1 saturated heterocycles. The highest BCUT2D eigenvalue weighted by atomic mass is 16.5. The Kier molecular flexibility index (Phi) is 6.01. The Morgan fingerprint density at radius 1 is 1.27 bits per heavy atom. The van der Waals surface area contributed by atoms with Crippen molar-refractivity contribution in [2.24, 2.45) is 0 Å². The minimum atomic E-state index is 0.0966. The highest BCUT2D eigenvalue weighted by Crippen LogP contribution is 2.33. The van der Waals surface area contributed by atoms with Crippen LogP contribution in [0.1, 0.15) is 44.0 Å². The number of fused-ring (bicyclic) bond motifs is 1. The smallest absolute Gasteiger partial charge is 0.148 e. The fraction of sp³-hybridized carbons (Fsp3) is 0.500. The number of aromatic nitrogens is 4. The third-order valence-corrected chi connectivity index (χ3v) is 6.38. The predicted molar refractivity (Wildman–Crippen MR) is 125 cm³/mol. The number of aryl methyl sites for hydroxylation is 1. The van der Waals surface area contributed by atoms with Crippen LogP contribution in [0, 0.1) is 18.3 Å². The molecule has 1 aliphatic carbocycles. The summed E-state index contributed by atoms with van der Waals surface area (Å²) in [6.07, 6.45) is 9.50. The van der Waals surface area contributed by atoms with Gasteiger partial charge in [0.05, 0.1) is 36.9 Å². The summed E-state index contributed by atoms with van der Waals surface area (Å²) in [6.45, 7) is 6.31. The summed E-state index contributed by atoms with van der Waals surface area (Å²) < 4.78 is 14.0. The Labute approximate surface area is 193 Å². The summed E-state index contributed by atoms with van der Waals surface area (Å²) in [5.74, 6) is 2.37. The second kappa shape index (κ2) is 9.24. The van der Waals surface area contributed by atoms with Gasteiger partial charge in [0.15, 0.2) is 0 Å². The molecule has 172 valence electrons. The quantitative estimate of drug-likeness (QED) is 0.636. The Bertz CT molecular complexity index is 1160. The average Bonchev–Trinajstić information content (AvgIpc) is 3.24. The number of nitrogens with one attached hydrogen (secondary N) is 1. The lowest BCUT2D eigenvalue weighted by Gasteiger charge is -2.33. The first-order chi connectivity index (χ1) is 16.1. The molecule has 1 aliphatic heterocycles. The molecule has 0 amide bonds. The summed E-state index contributed by atoms with van der Waals surface area (Å²) in [5.41, 5.74) is 2.30. The molecule has 4 heterocycles. The van der Waals surface area contributed by atoms with Crippen LogP contribution in [0.15, 0.2) is 30.7 Å². The van der Waals surface area contributed by atoms with Gasteiger partial charge in [0.25, 0.3) is 0 Å². The summed E-state index contributed by atoms with van der Waals surface area (Å²) in [7, 11) is 0. The third-order valence-electron chi connectivity index (χ3n) is 6.38. The van der Waals surface area contributed by atoms with Gasteiger partial charge < -0.3 is 19.7 Å². The summed E-state index contributed by atoms with van der Waals surface area (Å²) in [4.78, 5) is 10.9. The molecule has 0 radical (unpaired) electrons. The maximum Gasteiger partial charge on any atom is 0.148 e. The van der Waals surface area contributed by atoms with Crippen molar-refractivity contribution in [2.45, 2.75) is 57.8 Å². The van der Waals surface area contributed by atoms with E-state index in [0.29, 0.717) is 18.2 Å². The number of ether oxygens (including phenoxy) is 2. The molecular weight excluding hydrogens is 418 g/mol. The van der Waals surface area contributed by atoms with Crippen LogP contribution in [-0.4, -0.2) is 57.5 Å². The minimum Gasteiger partial charge on any atom is -0.488 e.